The summed E-state index contributed by atoms with van der Waals surface area (Å²) in [5, 5.41) is 0. The van der Waals surface area contributed by atoms with Crippen LogP contribution >= 0.6 is 0 Å². The minimum Gasteiger partial charge on any atom is -0.284 e. The fourth-order valence-electron chi connectivity index (χ4n) is 3.66. The zero-order chi connectivity index (χ0) is 22.3. The smallest absolute Gasteiger partial charge is 0.284 e. The summed E-state index contributed by atoms with van der Waals surface area (Å²) in [4.78, 5) is 0.287. The van der Waals surface area contributed by atoms with E-state index in [4.69, 9.17) is 0 Å². The molecule has 0 bridgehead atoms. The molecule has 30 heavy (non-hydrogen) atoms. The molecule has 0 fully saturated rings. The van der Waals surface area contributed by atoms with Crippen molar-refractivity contribution in [1.82, 2.24) is 0 Å². The molecule has 0 amide bonds. The zero-order valence-corrected chi connectivity index (χ0v) is 16.5. The van der Waals surface area contributed by atoms with E-state index in [2.05, 4.69) is 0 Å². The van der Waals surface area contributed by atoms with Gasteiger partial charge in [-0.05, 0) is 60.7 Å². The normalized spacial score (nSPS) is 18.4. The number of anilines is 1. The molecule has 2 aromatic rings. The lowest BCUT2D eigenvalue weighted by Crippen LogP contribution is -2.40. The highest BCUT2D eigenvalue weighted by atomic mass is 32.2. The van der Waals surface area contributed by atoms with Gasteiger partial charge in [-0.1, -0.05) is 19.1 Å². The van der Waals surface area contributed by atoms with E-state index in [1.807, 2.05) is 6.92 Å². The van der Waals surface area contributed by atoms with Crippen molar-refractivity contribution >= 4 is 16.7 Å². The van der Waals surface area contributed by atoms with Gasteiger partial charge in [-0.25, -0.2) is 8.60 Å². The van der Waals surface area contributed by atoms with Gasteiger partial charge in [0, 0.05) is 6.04 Å². The quantitative estimate of drug-likeness (QED) is 0.499. The summed E-state index contributed by atoms with van der Waals surface area (Å²) in [6.07, 6.45) is -9.71. The van der Waals surface area contributed by atoms with Gasteiger partial charge in [0.05, 0.1) is 10.6 Å². The number of alkyl halides is 6. The second-order valence-electron chi connectivity index (χ2n) is 7.03. The second kappa shape index (κ2) is 8.20. The average Bonchev–Trinajstić information content (AvgIpc) is 2.64. The van der Waals surface area contributed by atoms with Crippen molar-refractivity contribution in [3.63, 3.8) is 0 Å². The molecular formula is C20H18F7NOS. The Balaban J connectivity index is 2.05. The maximum Gasteiger partial charge on any atom is 0.404 e. The lowest BCUT2D eigenvalue weighted by Gasteiger charge is -2.37. The fraction of sp³-hybridized carbons (Fsp3) is 0.400. The van der Waals surface area contributed by atoms with Crippen LogP contribution in [0.5, 0.6) is 0 Å². The lowest BCUT2D eigenvalue weighted by molar-refractivity contribution is -0.253. The Kier molecular flexibility index (Phi) is 6.18. The van der Waals surface area contributed by atoms with Crippen LogP contribution in [0.4, 0.5) is 36.4 Å². The van der Waals surface area contributed by atoms with Gasteiger partial charge in [-0.3, -0.25) is 4.31 Å². The van der Waals surface area contributed by atoms with Crippen molar-refractivity contribution in [1.29, 1.82) is 0 Å². The molecule has 164 valence electrons. The highest BCUT2D eigenvalue weighted by Crippen LogP contribution is 2.47. The monoisotopic (exact) mass is 453 g/mol. The van der Waals surface area contributed by atoms with E-state index < -0.39 is 40.6 Å². The Hall–Kier alpha value is -2.10. The van der Waals surface area contributed by atoms with Crippen LogP contribution in [0.1, 0.15) is 36.8 Å². The Labute approximate surface area is 171 Å². The van der Waals surface area contributed by atoms with E-state index in [0.29, 0.717) is 18.5 Å². The van der Waals surface area contributed by atoms with Crippen LogP contribution in [-0.2, 0) is 17.4 Å². The van der Waals surface area contributed by atoms with Gasteiger partial charge >= 0.3 is 12.4 Å². The molecule has 0 spiro atoms. The van der Waals surface area contributed by atoms with Gasteiger partial charge in [0.2, 0.25) is 0 Å². The van der Waals surface area contributed by atoms with Gasteiger partial charge in [-0.15, -0.1) is 0 Å². The third kappa shape index (κ3) is 4.48. The minimum atomic E-state index is -5.48. The molecular weight excluding hydrogens is 435 g/mol. The number of fused-ring (bicyclic) bond motifs is 1. The second-order valence-corrected chi connectivity index (χ2v) is 8.40. The first kappa shape index (κ1) is 22.6. The standard InChI is InChI=1S/C20H18F7NOS/c1-2-15-7-3-12-11-13(18(19(22,23)24)20(25,26)27)4-10-17(12)28(15)30(29)16-8-5-14(21)6-9-16/h4-6,8-11,15,18H,2-3,7H2,1H3. The molecule has 1 aliphatic rings. The molecule has 0 N–H and O–H groups in total. The molecule has 0 aromatic heterocycles. The number of benzene rings is 2. The third-order valence-corrected chi connectivity index (χ3v) is 6.60. The first-order chi connectivity index (χ1) is 13.9. The van der Waals surface area contributed by atoms with Crippen molar-refractivity contribution in [3.8, 4) is 0 Å². The van der Waals surface area contributed by atoms with Gasteiger partial charge < -0.3 is 0 Å². The van der Waals surface area contributed by atoms with Crippen molar-refractivity contribution in [2.24, 2.45) is 0 Å². The largest absolute Gasteiger partial charge is 0.404 e. The Morgan fingerprint density at radius 2 is 1.63 bits per heavy atom. The summed E-state index contributed by atoms with van der Waals surface area (Å²) in [5.74, 6) is -4.10. The zero-order valence-electron chi connectivity index (χ0n) is 15.7. The number of hydrogen-bond acceptors (Lipinski definition) is 1. The van der Waals surface area contributed by atoms with Crippen LogP contribution in [0.25, 0.3) is 0 Å². The molecule has 0 radical (unpaired) electrons. The summed E-state index contributed by atoms with van der Waals surface area (Å²) in [6.45, 7) is 1.85. The van der Waals surface area contributed by atoms with E-state index >= 15 is 0 Å². The Morgan fingerprint density at radius 1 is 1.03 bits per heavy atom. The molecule has 0 saturated heterocycles. The summed E-state index contributed by atoms with van der Waals surface area (Å²) < 4.78 is 106. The molecule has 0 saturated carbocycles. The average molecular weight is 453 g/mol. The fourth-order valence-corrected chi connectivity index (χ4v) is 5.14. The van der Waals surface area contributed by atoms with E-state index in [1.165, 1.54) is 22.5 Å². The Morgan fingerprint density at radius 3 is 2.17 bits per heavy atom. The summed E-state index contributed by atoms with van der Waals surface area (Å²) in [6, 6.07) is 7.58. The highest BCUT2D eigenvalue weighted by molar-refractivity contribution is 7.86. The van der Waals surface area contributed by atoms with Crippen LogP contribution in [0.15, 0.2) is 47.4 Å². The maximum absolute atomic E-state index is 13.2. The van der Waals surface area contributed by atoms with E-state index in [1.54, 1.807) is 0 Å². The molecule has 2 unspecified atom stereocenters. The van der Waals surface area contributed by atoms with E-state index in [9.17, 15) is 34.9 Å². The van der Waals surface area contributed by atoms with Crippen molar-refractivity contribution in [2.75, 3.05) is 4.31 Å². The predicted molar refractivity (Wildman–Crippen MR) is 99.0 cm³/mol. The summed E-state index contributed by atoms with van der Waals surface area (Å²) in [5.41, 5.74) is -0.301. The maximum atomic E-state index is 13.2. The van der Waals surface area contributed by atoms with Crippen molar-refractivity contribution in [2.45, 2.75) is 55.4 Å². The van der Waals surface area contributed by atoms with Crippen LogP contribution in [0, 0.1) is 5.82 Å². The molecule has 1 aliphatic heterocycles. The van der Waals surface area contributed by atoms with Gasteiger partial charge in [0.15, 0.2) is 16.9 Å². The molecule has 2 aromatic carbocycles. The van der Waals surface area contributed by atoms with Gasteiger partial charge in [-0.2, -0.15) is 26.3 Å². The molecule has 2 atom stereocenters. The molecule has 10 heteroatoms. The van der Waals surface area contributed by atoms with Crippen LogP contribution in [-0.4, -0.2) is 22.6 Å². The number of aryl methyl sites for hydroxylation is 1. The van der Waals surface area contributed by atoms with Gasteiger partial charge in [0.25, 0.3) is 0 Å². The first-order valence-electron chi connectivity index (χ1n) is 9.16. The molecule has 3 rings (SSSR count). The van der Waals surface area contributed by atoms with E-state index in [0.717, 1.165) is 24.3 Å². The van der Waals surface area contributed by atoms with Crippen molar-refractivity contribution < 1.29 is 34.9 Å². The highest BCUT2D eigenvalue weighted by Gasteiger charge is 2.57. The predicted octanol–water partition coefficient (Wildman–Crippen LogP) is 6.29. The Bertz CT molecular complexity index is 910. The number of hydrogen-bond donors (Lipinski definition) is 0. The lowest BCUT2D eigenvalue weighted by atomic mass is 9.90. The minimum absolute atomic E-state index is 0.227. The molecule has 1 heterocycles. The number of halogens is 7. The van der Waals surface area contributed by atoms with Crippen molar-refractivity contribution in [3.05, 3.63) is 59.4 Å². The molecule has 2 nitrogen and oxygen atoms in total. The summed E-state index contributed by atoms with van der Waals surface area (Å²) in [7, 11) is -1.80. The number of nitrogens with zero attached hydrogens (tertiary/aromatic N) is 1. The first-order valence-corrected chi connectivity index (χ1v) is 10.3. The van der Waals surface area contributed by atoms with Gasteiger partial charge in [0.1, 0.15) is 5.82 Å². The number of rotatable bonds is 4. The van der Waals surface area contributed by atoms with Crippen LogP contribution in [0.2, 0.25) is 0 Å². The SMILES string of the molecule is CCC1CCc2cc(C(C(F)(F)F)C(F)(F)F)ccc2N1S(=O)c1ccc(F)cc1. The van der Waals surface area contributed by atoms with Crippen LogP contribution < -0.4 is 4.31 Å². The third-order valence-electron chi connectivity index (χ3n) is 5.07. The van der Waals surface area contributed by atoms with E-state index in [-0.39, 0.29) is 22.9 Å². The van der Waals surface area contributed by atoms with Crippen LogP contribution in [0.3, 0.4) is 0 Å². The molecule has 0 aliphatic carbocycles. The topological polar surface area (TPSA) is 20.3 Å². The summed E-state index contributed by atoms with van der Waals surface area (Å²) >= 11 is 0.